The summed E-state index contributed by atoms with van der Waals surface area (Å²) in [4.78, 5) is 48.3. The molecule has 2 saturated heterocycles. The molecule has 11 heteroatoms. The molecule has 0 aromatic heterocycles. The van der Waals surface area contributed by atoms with E-state index < -0.39 is 0 Å². The first-order valence-corrected chi connectivity index (χ1v) is 20.5. The van der Waals surface area contributed by atoms with Gasteiger partial charge in [0, 0.05) is 71.1 Å². The second kappa shape index (κ2) is 18.6. The van der Waals surface area contributed by atoms with E-state index in [1.807, 2.05) is 6.92 Å². The van der Waals surface area contributed by atoms with Crippen LogP contribution < -0.4 is 5.32 Å². The number of carbonyl (C=O) groups excluding carboxylic acids is 3. The number of carbonyl (C=O) groups is 3. The van der Waals surface area contributed by atoms with Crippen LogP contribution in [0.25, 0.3) is 0 Å². The predicted octanol–water partition coefficient (Wildman–Crippen LogP) is 6.33. The average Bonchev–Trinajstić information content (AvgIpc) is 3.63. The van der Waals surface area contributed by atoms with E-state index in [0.29, 0.717) is 32.7 Å². The van der Waals surface area contributed by atoms with Crippen molar-refractivity contribution in [2.75, 3.05) is 88.3 Å². The SMILES string of the molecule is CCC(=O)CN1CC2(CCC(c3ccccc3)(N(C)C)CC2)N(CCCOC)C1=O.COCCCN1C(=O)NCC12CCC(c1ccccc1)(N(C)C)CC2. The Morgan fingerprint density at radius 2 is 1.15 bits per heavy atom. The van der Waals surface area contributed by atoms with Crippen LogP contribution in [0.3, 0.4) is 0 Å². The van der Waals surface area contributed by atoms with Crippen molar-refractivity contribution in [1.82, 2.24) is 29.8 Å². The summed E-state index contributed by atoms with van der Waals surface area (Å²) in [6.45, 7) is 6.32. The monoisotopic (exact) mass is 761 g/mol. The van der Waals surface area contributed by atoms with Gasteiger partial charge in [0.15, 0.2) is 5.78 Å². The van der Waals surface area contributed by atoms with Gasteiger partial charge in [-0.3, -0.25) is 14.6 Å². The molecule has 4 amide bonds. The lowest BCUT2D eigenvalue weighted by molar-refractivity contribution is -0.119. The normalized spacial score (nSPS) is 28.0. The molecule has 4 fully saturated rings. The Bertz CT molecular complexity index is 1540. The number of hydrogen-bond donors (Lipinski definition) is 1. The number of nitrogens with zero attached hydrogens (tertiary/aromatic N) is 5. The van der Waals surface area contributed by atoms with Gasteiger partial charge in [0.25, 0.3) is 0 Å². The van der Waals surface area contributed by atoms with E-state index in [1.54, 1.807) is 19.1 Å². The quantitative estimate of drug-likeness (QED) is 0.212. The van der Waals surface area contributed by atoms with Crippen molar-refractivity contribution in [1.29, 1.82) is 0 Å². The van der Waals surface area contributed by atoms with Gasteiger partial charge in [0.1, 0.15) is 0 Å². The number of benzene rings is 2. The molecule has 55 heavy (non-hydrogen) atoms. The second-order valence-electron chi connectivity index (χ2n) is 16.7. The Balaban J connectivity index is 0.000000214. The van der Waals surface area contributed by atoms with Gasteiger partial charge in [-0.15, -0.1) is 0 Å². The lowest BCUT2D eigenvalue weighted by atomic mass is 9.68. The van der Waals surface area contributed by atoms with Gasteiger partial charge < -0.3 is 29.5 Å². The summed E-state index contributed by atoms with van der Waals surface area (Å²) in [5.74, 6) is 0.125. The van der Waals surface area contributed by atoms with Gasteiger partial charge >= 0.3 is 12.1 Å². The first kappa shape index (κ1) is 42.6. The summed E-state index contributed by atoms with van der Waals surface area (Å²) in [5, 5.41) is 3.09. The van der Waals surface area contributed by atoms with E-state index in [2.05, 4.69) is 114 Å². The fourth-order valence-electron chi connectivity index (χ4n) is 10.00. The third-order valence-corrected chi connectivity index (χ3v) is 13.5. The molecule has 0 unspecified atom stereocenters. The summed E-state index contributed by atoms with van der Waals surface area (Å²) in [6.07, 6.45) is 10.3. The molecule has 0 bridgehead atoms. The van der Waals surface area contributed by atoms with E-state index in [0.717, 1.165) is 77.3 Å². The van der Waals surface area contributed by atoms with Crippen molar-refractivity contribution < 1.29 is 23.9 Å². The van der Waals surface area contributed by atoms with E-state index >= 15 is 0 Å². The summed E-state index contributed by atoms with van der Waals surface area (Å²) in [5.41, 5.74) is 2.57. The fraction of sp³-hybridized carbons (Fsp3) is 0.659. The molecule has 0 atom stereocenters. The van der Waals surface area contributed by atoms with Crippen LogP contribution in [-0.2, 0) is 25.3 Å². The van der Waals surface area contributed by atoms with Gasteiger partial charge in [-0.1, -0.05) is 67.6 Å². The van der Waals surface area contributed by atoms with Gasteiger partial charge in [-0.05, 0) is 104 Å². The van der Waals surface area contributed by atoms with Crippen molar-refractivity contribution in [2.45, 2.75) is 99.7 Å². The Kier molecular flexibility index (Phi) is 14.4. The standard InChI is InChI=1S/C24H37N3O3.C20H31N3O2/c1-5-21(28)18-26-19-23(27(22(26)29)16-9-17-30-4)12-14-24(15-13-23,25(2)3)20-10-7-6-8-11-20;1-22(2)20(17-8-5-4-6-9-17)12-10-19(11-13-20)16-21-18(24)23(19)14-7-15-25-3/h6-8,10-11H,5,9,12-19H2,1-4H3;4-6,8-9H,7,10-16H2,1-3H3,(H,21,24). The minimum absolute atomic E-state index is 0.0135. The van der Waals surface area contributed by atoms with Crippen molar-refractivity contribution in [3.05, 3.63) is 71.8 Å². The maximum absolute atomic E-state index is 13.2. The molecule has 2 spiro atoms. The highest BCUT2D eigenvalue weighted by molar-refractivity contribution is 5.87. The van der Waals surface area contributed by atoms with E-state index in [-0.39, 0.29) is 46.5 Å². The summed E-state index contributed by atoms with van der Waals surface area (Å²) >= 11 is 0. The molecule has 1 N–H and O–H groups in total. The zero-order valence-corrected chi connectivity index (χ0v) is 34.8. The van der Waals surface area contributed by atoms with Crippen LogP contribution in [0.2, 0.25) is 0 Å². The van der Waals surface area contributed by atoms with Gasteiger partial charge in [0.2, 0.25) is 0 Å². The number of amides is 4. The minimum atomic E-state index is -0.187. The number of hydrogen-bond acceptors (Lipinski definition) is 7. The van der Waals surface area contributed by atoms with E-state index in [1.165, 1.54) is 11.1 Å². The molecule has 2 aromatic rings. The zero-order chi connectivity index (χ0) is 39.7. The van der Waals surface area contributed by atoms with E-state index in [4.69, 9.17) is 9.47 Å². The summed E-state index contributed by atoms with van der Waals surface area (Å²) in [7, 11) is 12.1. The molecule has 304 valence electrons. The van der Waals surface area contributed by atoms with Crippen molar-refractivity contribution >= 4 is 17.8 Å². The van der Waals surface area contributed by atoms with Crippen LogP contribution in [0.1, 0.15) is 88.7 Å². The van der Waals surface area contributed by atoms with Crippen LogP contribution in [-0.4, -0.2) is 142 Å². The first-order valence-electron chi connectivity index (χ1n) is 20.5. The molecule has 2 aromatic carbocycles. The largest absolute Gasteiger partial charge is 0.385 e. The molecular weight excluding hydrogens is 693 g/mol. The number of nitrogens with one attached hydrogen (secondary N) is 1. The molecule has 0 radical (unpaired) electrons. The van der Waals surface area contributed by atoms with Gasteiger partial charge in [-0.25, -0.2) is 9.59 Å². The number of Topliss-reactive ketones (excluding diaryl/α,β-unsaturated/α-hetero) is 1. The third-order valence-electron chi connectivity index (χ3n) is 13.5. The maximum Gasteiger partial charge on any atom is 0.321 e. The van der Waals surface area contributed by atoms with E-state index in [9.17, 15) is 14.4 Å². The Morgan fingerprint density at radius 3 is 1.58 bits per heavy atom. The van der Waals surface area contributed by atoms with Gasteiger partial charge in [-0.2, -0.15) is 0 Å². The highest BCUT2D eigenvalue weighted by Crippen LogP contribution is 2.50. The average molecular weight is 761 g/mol. The predicted molar refractivity (Wildman–Crippen MR) is 218 cm³/mol. The Hall–Kier alpha value is -3.51. The molecule has 6 rings (SSSR count). The zero-order valence-electron chi connectivity index (χ0n) is 34.8. The summed E-state index contributed by atoms with van der Waals surface area (Å²) < 4.78 is 10.4. The van der Waals surface area contributed by atoms with Crippen LogP contribution >= 0.6 is 0 Å². The molecular formula is C44H68N6O5. The smallest absolute Gasteiger partial charge is 0.321 e. The molecule has 2 saturated carbocycles. The maximum atomic E-state index is 13.2. The number of methoxy groups -OCH3 is 2. The number of ketones is 1. The van der Waals surface area contributed by atoms with Crippen LogP contribution in [0, 0.1) is 0 Å². The Labute approximate surface area is 330 Å². The fourth-order valence-corrected chi connectivity index (χ4v) is 10.00. The molecule has 2 heterocycles. The number of ether oxygens (including phenoxy) is 2. The van der Waals surface area contributed by atoms with Crippen molar-refractivity contribution in [3.8, 4) is 0 Å². The van der Waals surface area contributed by atoms with Crippen LogP contribution in [0.4, 0.5) is 9.59 Å². The minimum Gasteiger partial charge on any atom is -0.385 e. The van der Waals surface area contributed by atoms with Gasteiger partial charge in [0.05, 0.1) is 17.6 Å². The lowest BCUT2D eigenvalue weighted by Gasteiger charge is -2.51. The van der Waals surface area contributed by atoms with Crippen LogP contribution in [0.5, 0.6) is 0 Å². The second-order valence-corrected chi connectivity index (χ2v) is 16.7. The van der Waals surface area contributed by atoms with Crippen molar-refractivity contribution in [2.24, 2.45) is 0 Å². The first-order chi connectivity index (χ1) is 26.4. The lowest BCUT2D eigenvalue weighted by Crippen LogP contribution is -2.55. The molecule has 11 nitrogen and oxygen atoms in total. The Morgan fingerprint density at radius 1 is 0.691 bits per heavy atom. The molecule has 2 aliphatic carbocycles. The summed E-state index contributed by atoms with van der Waals surface area (Å²) in [6, 6.07) is 21.7. The third kappa shape index (κ3) is 8.90. The van der Waals surface area contributed by atoms with Crippen molar-refractivity contribution in [3.63, 3.8) is 0 Å². The molecule has 4 aliphatic rings. The molecule has 2 aliphatic heterocycles. The topological polar surface area (TPSA) is 97.9 Å². The number of urea groups is 2. The highest BCUT2D eigenvalue weighted by atomic mass is 16.5. The highest BCUT2D eigenvalue weighted by Gasteiger charge is 2.55. The number of rotatable bonds is 15. The van der Waals surface area contributed by atoms with Crippen LogP contribution in [0.15, 0.2) is 60.7 Å².